The van der Waals surface area contributed by atoms with Gasteiger partial charge in [0.05, 0.1) is 15.7 Å². The third-order valence-electron chi connectivity index (χ3n) is 2.83. The highest BCUT2D eigenvalue weighted by Gasteiger charge is 2.07. The van der Waals surface area contributed by atoms with E-state index in [0.717, 1.165) is 5.75 Å². The summed E-state index contributed by atoms with van der Waals surface area (Å²) in [5, 5.41) is 0.839. The lowest BCUT2D eigenvalue weighted by molar-refractivity contribution is 0.485. The van der Waals surface area contributed by atoms with Crippen molar-refractivity contribution in [3.8, 4) is 11.5 Å². The van der Waals surface area contributed by atoms with Crippen LogP contribution in [0.4, 0.5) is 5.69 Å². The Labute approximate surface area is 123 Å². The summed E-state index contributed by atoms with van der Waals surface area (Å²) >= 11 is 11.8. The van der Waals surface area contributed by atoms with E-state index in [-0.39, 0.29) is 0 Å². The molecule has 0 aromatic heterocycles. The number of rotatable bonds is 3. The van der Waals surface area contributed by atoms with E-state index in [4.69, 9.17) is 33.7 Å². The summed E-state index contributed by atoms with van der Waals surface area (Å²) < 4.78 is 5.71. The van der Waals surface area contributed by atoms with E-state index in [9.17, 15) is 0 Å². The first kappa shape index (κ1) is 14.0. The molecule has 0 unspecified atom stereocenters. The fourth-order valence-corrected chi connectivity index (χ4v) is 2.01. The molecule has 0 saturated heterocycles. The van der Waals surface area contributed by atoms with E-state index in [0.29, 0.717) is 27.4 Å². The number of halogens is 2. The molecule has 2 rings (SSSR count). The van der Waals surface area contributed by atoms with E-state index in [1.54, 1.807) is 12.1 Å². The van der Waals surface area contributed by atoms with Gasteiger partial charge in [-0.2, -0.15) is 0 Å². The van der Waals surface area contributed by atoms with Gasteiger partial charge < -0.3 is 10.5 Å². The second kappa shape index (κ2) is 5.72. The minimum atomic E-state index is 0.418. The van der Waals surface area contributed by atoms with Crippen LogP contribution in [0.1, 0.15) is 25.3 Å². The van der Waals surface area contributed by atoms with Crippen molar-refractivity contribution in [3.63, 3.8) is 0 Å². The Bertz CT molecular complexity index is 579. The number of anilines is 1. The largest absolute Gasteiger partial charge is 0.455 e. The molecule has 0 amide bonds. The predicted octanol–water partition coefficient (Wildman–Crippen LogP) is 5.49. The van der Waals surface area contributed by atoms with Gasteiger partial charge in [-0.25, -0.2) is 0 Å². The van der Waals surface area contributed by atoms with Crippen molar-refractivity contribution in [1.82, 2.24) is 0 Å². The first-order valence-electron chi connectivity index (χ1n) is 5.99. The van der Waals surface area contributed by atoms with Crippen LogP contribution in [-0.2, 0) is 0 Å². The van der Waals surface area contributed by atoms with Gasteiger partial charge in [0.1, 0.15) is 5.75 Å². The van der Waals surface area contributed by atoms with Gasteiger partial charge in [-0.05, 0) is 29.7 Å². The Balaban J connectivity index is 2.24. The maximum Gasteiger partial charge on any atom is 0.151 e. The number of hydrogen-bond acceptors (Lipinski definition) is 2. The van der Waals surface area contributed by atoms with Crippen LogP contribution in [0.5, 0.6) is 11.5 Å². The number of nitrogen functional groups attached to an aromatic ring is 1. The van der Waals surface area contributed by atoms with Crippen LogP contribution in [0, 0.1) is 0 Å². The van der Waals surface area contributed by atoms with E-state index in [1.165, 1.54) is 5.56 Å². The third-order valence-corrected chi connectivity index (χ3v) is 3.55. The molecule has 0 aliphatic carbocycles. The molecule has 0 fully saturated rings. The molecule has 0 aliphatic rings. The third kappa shape index (κ3) is 3.34. The molecule has 0 saturated carbocycles. The van der Waals surface area contributed by atoms with Gasteiger partial charge in [-0.1, -0.05) is 49.2 Å². The second-order valence-electron chi connectivity index (χ2n) is 4.63. The zero-order valence-corrected chi connectivity index (χ0v) is 12.3. The SMILES string of the molecule is CC(C)c1ccc(Oc2cc(Cl)c(Cl)cc2N)cc1. The smallest absolute Gasteiger partial charge is 0.151 e. The molecule has 2 nitrogen and oxygen atoms in total. The summed E-state index contributed by atoms with van der Waals surface area (Å²) in [4.78, 5) is 0. The monoisotopic (exact) mass is 295 g/mol. The summed E-state index contributed by atoms with van der Waals surface area (Å²) in [6, 6.07) is 11.1. The van der Waals surface area contributed by atoms with Crippen LogP contribution >= 0.6 is 23.2 Å². The summed E-state index contributed by atoms with van der Waals surface area (Å²) in [6.07, 6.45) is 0. The molecule has 0 heterocycles. The Morgan fingerprint density at radius 2 is 1.58 bits per heavy atom. The lowest BCUT2D eigenvalue weighted by atomic mass is 10.0. The van der Waals surface area contributed by atoms with Crippen molar-refractivity contribution in [3.05, 3.63) is 52.0 Å². The van der Waals surface area contributed by atoms with Crippen LogP contribution in [0.2, 0.25) is 10.0 Å². The Morgan fingerprint density at radius 1 is 1.00 bits per heavy atom. The Morgan fingerprint density at radius 3 is 2.16 bits per heavy atom. The van der Waals surface area contributed by atoms with Gasteiger partial charge in [-0.3, -0.25) is 0 Å². The Hall–Kier alpha value is -1.38. The molecule has 4 heteroatoms. The molecule has 2 aromatic rings. The van der Waals surface area contributed by atoms with Crippen LogP contribution in [-0.4, -0.2) is 0 Å². The fourth-order valence-electron chi connectivity index (χ4n) is 1.68. The van der Waals surface area contributed by atoms with Gasteiger partial charge in [0, 0.05) is 6.07 Å². The highest BCUT2D eigenvalue weighted by Crippen LogP contribution is 2.35. The van der Waals surface area contributed by atoms with E-state index < -0.39 is 0 Å². The molecule has 0 aliphatic heterocycles. The van der Waals surface area contributed by atoms with Crippen molar-refractivity contribution in [2.45, 2.75) is 19.8 Å². The summed E-state index contributed by atoms with van der Waals surface area (Å²) in [5.74, 6) is 1.71. The van der Waals surface area contributed by atoms with E-state index in [2.05, 4.69) is 13.8 Å². The summed E-state index contributed by atoms with van der Waals surface area (Å²) in [7, 11) is 0. The maximum atomic E-state index is 5.95. The van der Waals surface area contributed by atoms with Crippen LogP contribution < -0.4 is 10.5 Å². The molecule has 2 N–H and O–H groups in total. The number of ether oxygens (including phenoxy) is 1. The average molecular weight is 296 g/mol. The van der Waals surface area contributed by atoms with Crippen molar-refractivity contribution in [1.29, 1.82) is 0 Å². The minimum absolute atomic E-state index is 0.418. The number of nitrogens with two attached hydrogens (primary N) is 1. The molecular weight excluding hydrogens is 281 g/mol. The normalized spacial score (nSPS) is 10.8. The van der Waals surface area contributed by atoms with E-state index >= 15 is 0 Å². The zero-order chi connectivity index (χ0) is 14.0. The van der Waals surface area contributed by atoms with Gasteiger partial charge in [0.15, 0.2) is 5.75 Å². The second-order valence-corrected chi connectivity index (χ2v) is 5.44. The zero-order valence-electron chi connectivity index (χ0n) is 10.8. The molecule has 0 atom stereocenters. The van der Waals surface area contributed by atoms with Crippen LogP contribution in [0.3, 0.4) is 0 Å². The summed E-state index contributed by atoms with van der Waals surface area (Å²) in [6.45, 7) is 4.29. The number of benzene rings is 2. The molecule has 19 heavy (non-hydrogen) atoms. The molecular formula is C15H15Cl2NO. The van der Waals surface area contributed by atoms with Gasteiger partial charge in [0.2, 0.25) is 0 Å². The van der Waals surface area contributed by atoms with Gasteiger partial charge in [0.25, 0.3) is 0 Å². The molecule has 2 aromatic carbocycles. The molecule has 0 bridgehead atoms. The minimum Gasteiger partial charge on any atom is -0.455 e. The lowest BCUT2D eigenvalue weighted by Gasteiger charge is -2.11. The van der Waals surface area contributed by atoms with Crippen molar-refractivity contribution >= 4 is 28.9 Å². The topological polar surface area (TPSA) is 35.2 Å². The molecule has 0 radical (unpaired) electrons. The van der Waals surface area contributed by atoms with Crippen LogP contribution in [0.15, 0.2) is 36.4 Å². The molecule has 0 spiro atoms. The van der Waals surface area contributed by atoms with Crippen molar-refractivity contribution in [2.75, 3.05) is 5.73 Å². The van der Waals surface area contributed by atoms with Crippen molar-refractivity contribution in [2.24, 2.45) is 0 Å². The average Bonchev–Trinajstić information content (AvgIpc) is 2.36. The standard InChI is InChI=1S/C15H15Cl2NO/c1-9(2)10-3-5-11(6-4-10)19-15-8-13(17)12(16)7-14(15)18/h3-9H,18H2,1-2H3. The fraction of sp³-hybridized carbons (Fsp3) is 0.200. The maximum absolute atomic E-state index is 5.95. The summed E-state index contributed by atoms with van der Waals surface area (Å²) in [5.41, 5.74) is 7.57. The van der Waals surface area contributed by atoms with Crippen LogP contribution in [0.25, 0.3) is 0 Å². The number of hydrogen-bond donors (Lipinski definition) is 1. The predicted molar refractivity (Wildman–Crippen MR) is 81.5 cm³/mol. The van der Waals surface area contributed by atoms with E-state index in [1.807, 2.05) is 24.3 Å². The van der Waals surface area contributed by atoms with Crippen molar-refractivity contribution < 1.29 is 4.74 Å². The van der Waals surface area contributed by atoms with Gasteiger partial charge in [-0.15, -0.1) is 0 Å². The quantitative estimate of drug-likeness (QED) is 0.760. The molecule has 100 valence electrons. The Kier molecular flexibility index (Phi) is 4.23. The highest BCUT2D eigenvalue weighted by atomic mass is 35.5. The lowest BCUT2D eigenvalue weighted by Crippen LogP contribution is -1.93. The van der Waals surface area contributed by atoms with Gasteiger partial charge >= 0.3 is 0 Å². The first-order chi connectivity index (χ1) is 8.97. The highest BCUT2D eigenvalue weighted by molar-refractivity contribution is 6.42. The first-order valence-corrected chi connectivity index (χ1v) is 6.75.